The summed E-state index contributed by atoms with van der Waals surface area (Å²) in [6, 6.07) is 0. The fourth-order valence-corrected chi connectivity index (χ4v) is 0. The van der Waals surface area contributed by atoms with E-state index in [9.17, 15) is 0 Å². The molecule has 0 aromatic heterocycles. The quantitative estimate of drug-likeness (QED) is 0.387. The first kappa shape index (κ1) is 8.83. The standard InChI is InChI=1S/Ag.BO2/c;2-1-3/q+1;-1. The maximum absolute atomic E-state index is 8.25. The number of hydrogen-bond acceptors (Lipinski definition) is 2. The molecule has 0 amide bonds. The number of hydrogen-bond donors (Lipinski definition) is 0. The zero-order valence-corrected chi connectivity index (χ0v) is 3.18. The molecule has 0 fully saturated rings. The van der Waals surface area contributed by atoms with Crippen LogP contribution in [0.2, 0.25) is 0 Å². The third-order valence-corrected chi connectivity index (χ3v) is 0. The summed E-state index contributed by atoms with van der Waals surface area (Å²) in [4.78, 5) is 0. The molecule has 0 saturated carbocycles. The van der Waals surface area contributed by atoms with Crippen molar-refractivity contribution in [1.29, 1.82) is 0 Å². The summed E-state index contributed by atoms with van der Waals surface area (Å²) < 4.78 is 8.25. The molecule has 0 unspecified atom stereocenters. The molecule has 0 aromatic carbocycles. The van der Waals surface area contributed by atoms with Gasteiger partial charge in [0.1, 0.15) is 0 Å². The second kappa shape index (κ2) is 9.98. The molecule has 0 heterocycles. The van der Waals surface area contributed by atoms with Gasteiger partial charge >= 0.3 is 39.5 Å². The summed E-state index contributed by atoms with van der Waals surface area (Å²) >= 11 is 0. The van der Waals surface area contributed by atoms with Crippen molar-refractivity contribution in [3.63, 3.8) is 0 Å². The molecule has 0 saturated heterocycles. The van der Waals surface area contributed by atoms with E-state index in [2.05, 4.69) is 0 Å². The van der Waals surface area contributed by atoms with E-state index in [1.807, 2.05) is 0 Å². The van der Waals surface area contributed by atoms with Crippen molar-refractivity contribution < 1.29 is 32.1 Å². The van der Waals surface area contributed by atoms with E-state index in [-0.39, 0.29) is 22.4 Å². The van der Waals surface area contributed by atoms with Gasteiger partial charge in [0.25, 0.3) is 0 Å². The summed E-state index contributed by atoms with van der Waals surface area (Å²) in [6.45, 7) is 0. The molecule has 4 heteroatoms. The van der Waals surface area contributed by atoms with Crippen molar-refractivity contribution in [2.24, 2.45) is 0 Å². The largest absolute Gasteiger partial charge is 1.00 e. The van der Waals surface area contributed by atoms with E-state index in [1.165, 1.54) is 0 Å². The molecular weight excluding hydrogens is 151 g/mol. The summed E-state index contributed by atoms with van der Waals surface area (Å²) in [5.74, 6) is 0. The van der Waals surface area contributed by atoms with E-state index < -0.39 is 7.35 Å². The van der Waals surface area contributed by atoms with E-state index >= 15 is 0 Å². The van der Waals surface area contributed by atoms with Gasteiger partial charge in [-0.1, -0.05) is 0 Å². The Balaban J connectivity index is 0. The van der Waals surface area contributed by atoms with Crippen LogP contribution >= 0.6 is 0 Å². The van der Waals surface area contributed by atoms with Gasteiger partial charge in [-0.15, -0.1) is 0 Å². The minimum absolute atomic E-state index is 0. The zero-order chi connectivity index (χ0) is 2.71. The van der Waals surface area contributed by atoms with Crippen LogP contribution in [0.5, 0.6) is 0 Å². The van der Waals surface area contributed by atoms with Gasteiger partial charge in [-0.05, 0) is 0 Å². The average Bonchev–Trinajstić information content (AvgIpc) is 0.918. The van der Waals surface area contributed by atoms with Crippen LogP contribution in [0, 0.1) is 0 Å². The van der Waals surface area contributed by atoms with Crippen LogP contribution in [0.3, 0.4) is 0 Å². The molecule has 0 aliphatic rings. The zero-order valence-electron chi connectivity index (χ0n) is 1.70. The van der Waals surface area contributed by atoms with Crippen LogP contribution in [-0.2, 0) is 27.1 Å². The van der Waals surface area contributed by atoms with Gasteiger partial charge < -0.3 is 0 Å². The topological polar surface area (TPSA) is 40.1 Å². The molecule has 0 spiro atoms. The Morgan fingerprint density at radius 2 is 1.75 bits per heavy atom. The molecule has 0 aliphatic heterocycles. The van der Waals surface area contributed by atoms with E-state index in [1.54, 1.807) is 0 Å². The van der Waals surface area contributed by atoms with Crippen LogP contribution in [0.1, 0.15) is 0 Å². The third-order valence-electron chi connectivity index (χ3n) is 0. The van der Waals surface area contributed by atoms with Gasteiger partial charge in [-0.25, -0.2) is 0 Å². The molecular formula is AgBO2. The molecule has 4 heavy (non-hydrogen) atoms. The predicted molar refractivity (Wildman–Crippen MR) is 6.44 cm³/mol. The fourth-order valence-electron chi connectivity index (χ4n) is 0. The van der Waals surface area contributed by atoms with Gasteiger partial charge in [0.15, 0.2) is 0 Å². The maximum atomic E-state index is 8.25. The minimum Gasteiger partial charge on any atom is 1.00 e. The maximum Gasteiger partial charge on any atom is 1.00 e. The Bertz CT molecular complexity index is 13.5. The van der Waals surface area contributed by atoms with Gasteiger partial charge in [0, 0.05) is 0 Å². The van der Waals surface area contributed by atoms with Crippen molar-refractivity contribution in [1.82, 2.24) is 0 Å². The van der Waals surface area contributed by atoms with Gasteiger partial charge in [0.2, 0.25) is 0 Å². The number of rotatable bonds is 0. The average molecular weight is 151 g/mol. The Morgan fingerprint density at radius 3 is 1.75 bits per heavy atom. The van der Waals surface area contributed by atoms with Crippen molar-refractivity contribution in [2.45, 2.75) is 0 Å². The van der Waals surface area contributed by atoms with Crippen molar-refractivity contribution in [3.05, 3.63) is 0 Å². The van der Waals surface area contributed by atoms with Crippen LogP contribution in [0.25, 0.3) is 0 Å². The van der Waals surface area contributed by atoms with Crippen molar-refractivity contribution in [3.8, 4) is 0 Å². The van der Waals surface area contributed by atoms with E-state index in [0.29, 0.717) is 0 Å². The summed E-state index contributed by atoms with van der Waals surface area (Å²) in [5.41, 5.74) is 0. The SMILES string of the molecule is O=B[O-].[Ag+]. The molecule has 0 atom stereocenters. The first-order valence-electron chi connectivity index (χ1n) is 0.471. The molecule has 0 aliphatic carbocycles. The molecule has 0 bridgehead atoms. The molecule has 0 aromatic rings. The Hall–Kier alpha value is 0.405. The molecule has 0 rings (SSSR count). The summed E-state index contributed by atoms with van der Waals surface area (Å²) in [7, 11) is -0.500. The van der Waals surface area contributed by atoms with Crippen molar-refractivity contribution >= 4 is 7.35 Å². The predicted octanol–water partition coefficient (Wildman–Crippen LogP) is -1.69. The van der Waals surface area contributed by atoms with Gasteiger partial charge in [0.05, 0.1) is 0 Å². The molecule has 0 N–H and O–H groups in total. The Morgan fingerprint density at radius 1 is 1.75 bits per heavy atom. The summed E-state index contributed by atoms with van der Waals surface area (Å²) in [5, 5.41) is 8.25. The first-order valence-corrected chi connectivity index (χ1v) is 0.471. The normalized spacial score (nSPS) is 2.00. The van der Waals surface area contributed by atoms with E-state index in [0.717, 1.165) is 0 Å². The van der Waals surface area contributed by atoms with Crippen LogP contribution in [0.15, 0.2) is 0 Å². The summed E-state index contributed by atoms with van der Waals surface area (Å²) in [6.07, 6.45) is 0. The monoisotopic (exact) mass is 150 g/mol. The van der Waals surface area contributed by atoms with Crippen molar-refractivity contribution in [2.75, 3.05) is 0 Å². The van der Waals surface area contributed by atoms with Crippen LogP contribution < -0.4 is 5.02 Å². The van der Waals surface area contributed by atoms with E-state index in [4.69, 9.17) is 9.73 Å². The Kier molecular flexibility index (Phi) is 22.0. The van der Waals surface area contributed by atoms with Gasteiger partial charge in [-0.3, -0.25) is 0 Å². The van der Waals surface area contributed by atoms with Crippen LogP contribution in [-0.4, -0.2) is 7.35 Å². The molecule has 0 radical (unpaired) electrons. The molecule has 26 valence electrons. The fraction of sp³-hybridized carbons (Fsp3) is 0. The third kappa shape index (κ3) is 28.9. The second-order valence-corrected chi connectivity index (χ2v) is 0.0962. The Labute approximate surface area is 40.0 Å². The first-order chi connectivity index (χ1) is 1.41. The van der Waals surface area contributed by atoms with Gasteiger partial charge in [-0.2, -0.15) is 0 Å². The minimum atomic E-state index is -0.500. The van der Waals surface area contributed by atoms with Crippen LogP contribution in [0.4, 0.5) is 0 Å². The smallest absolute Gasteiger partial charge is 1.00 e. The second-order valence-electron chi connectivity index (χ2n) is 0.0962. The molecule has 2 nitrogen and oxygen atoms in total.